The SMILES string of the molecule is COC(OC)C1CCN(c2ccc([C@@H]3c4ccc(C(F)(F)F)cc4CC[C@@H]3c3ccccc3)cc2)CC1. The van der Waals surface area contributed by atoms with E-state index in [-0.39, 0.29) is 18.1 Å². The molecule has 0 unspecified atom stereocenters. The van der Waals surface area contributed by atoms with E-state index in [1.54, 1.807) is 20.3 Å². The molecule has 2 atom stereocenters. The summed E-state index contributed by atoms with van der Waals surface area (Å²) >= 11 is 0. The van der Waals surface area contributed by atoms with Crippen molar-refractivity contribution < 1.29 is 22.6 Å². The molecule has 0 saturated carbocycles. The van der Waals surface area contributed by atoms with Crippen molar-refractivity contribution in [3.05, 3.63) is 101 Å². The van der Waals surface area contributed by atoms with Crippen LogP contribution in [0, 0.1) is 5.92 Å². The number of fused-ring (bicyclic) bond motifs is 1. The van der Waals surface area contributed by atoms with Crippen LogP contribution in [0.25, 0.3) is 0 Å². The Hall–Kier alpha value is -2.83. The second-order valence-electron chi connectivity index (χ2n) is 10.2. The van der Waals surface area contributed by atoms with Crippen molar-refractivity contribution >= 4 is 5.69 Å². The Morgan fingerprint density at radius 3 is 2.11 bits per heavy atom. The summed E-state index contributed by atoms with van der Waals surface area (Å²) in [5.74, 6) is 0.613. The monoisotopic (exact) mass is 509 g/mol. The highest BCUT2D eigenvalue weighted by Crippen LogP contribution is 2.47. The Morgan fingerprint density at radius 1 is 0.811 bits per heavy atom. The Balaban J connectivity index is 1.42. The lowest BCUT2D eigenvalue weighted by Gasteiger charge is -2.37. The molecule has 6 heteroatoms. The van der Waals surface area contributed by atoms with Crippen LogP contribution in [0.15, 0.2) is 72.8 Å². The number of halogens is 3. The van der Waals surface area contributed by atoms with Crippen molar-refractivity contribution in [3.8, 4) is 0 Å². The number of methoxy groups -OCH3 is 2. The average Bonchev–Trinajstić information content (AvgIpc) is 2.93. The van der Waals surface area contributed by atoms with Crippen molar-refractivity contribution in [1.29, 1.82) is 0 Å². The van der Waals surface area contributed by atoms with Gasteiger partial charge in [0.2, 0.25) is 0 Å². The highest BCUT2D eigenvalue weighted by atomic mass is 19.4. The molecule has 1 fully saturated rings. The third-order valence-electron chi connectivity index (χ3n) is 8.17. The summed E-state index contributed by atoms with van der Waals surface area (Å²) in [6.07, 6.45) is -1.03. The number of ether oxygens (including phenoxy) is 2. The molecule has 0 spiro atoms. The minimum atomic E-state index is -4.33. The quantitative estimate of drug-likeness (QED) is 0.323. The number of nitrogens with zero attached hydrogens (tertiary/aromatic N) is 1. The predicted octanol–water partition coefficient (Wildman–Crippen LogP) is 7.40. The highest BCUT2D eigenvalue weighted by Gasteiger charge is 2.36. The summed E-state index contributed by atoms with van der Waals surface area (Å²) in [5.41, 5.74) is 4.80. The zero-order valence-electron chi connectivity index (χ0n) is 21.4. The van der Waals surface area contributed by atoms with Gasteiger partial charge in [-0.15, -0.1) is 0 Å². The number of anilines is 1. The van der Waals surface area contributed by atoms with Crippen LogP contribution in [0.5, 0.6) is 0 Å². The van der Waals surface area contributed by atoms with Gasteiger partial charge in [0.25, 0.3) is 0 Å². The van der Waals surface area contributed by atoms with Gasteiger partial charge in [-0.05, 0) is 78.1 Å². The number of hydrogen-bond donors (Lipinski definition) is 0. The molecule has 0 amide bonds. The standard InChI is InChI=1S/C31H34F3NO2/c1-36-30(37-2)23-16-18-35(19-17-23)26-12-8-22(9-13-26)29-27(21-6-4-3-5-7-21)14-10-24-20-25(31(32,33)34)11-15-28(24)29/h3-9,11-13,15,20,23,27,29-30H,10,14,16-19H2,1-2H3/t27-,29+/m1/s1. The van der Waals surface area contributed by atoms with Crippen molar-refractivity contribution in [3.63, 3.8) is 0 Å². The molecule has 0 aromatic heterocycles. The van der Waals surface area contributed by atoms with E-state index in [0.717, 1.165) is 49.0 Å². The van der Waals surface area contributed by atoms with Crippen LogP contribution in [0.2, 0.25) is 0 Å². The van der Waals surface area contributed by atoms with Gasteiger partial charge in [0.1, 0.15) is 0 Å². The Morgan fingerprint density at radius 2 is 1.49 bits per heavy atom. The molecule has 1 aliphatic heterocycles. The largest absolute Gasteiger partial charge is 0.416 e. The fraction of sp³-hybridized carbons (Fsp3) is 0.419. The maximum atomic E-state index is 13.4. The fourth-order valence-electron chi connectivity index (χ4n) is 6.27. The van der Waals surface area contributed by atoms with Crippen molar-refractivity contribution in [2.75, 3.05) is 32.2 Å². The first kappa shape index (κ1) is 25.8. The first-order valence-corrected chi connectivity index (χ1v) is 13.0. The van der Waals surface area contributed by atoms with Crippen LogP contribution in [-0.2, 0) is 22.1 Å². The summed E-state index contributed by atoms with van der Waals surface area (Å²) in [7, 11) is 3.38. The lowest BCUT2D eigenvalue weighted by Crippen LogP contribution is -2.39. The van der Waals surface area contributed by atoms with E-state index in [0.29, 0.717) is 12.3 Å². The first-order valence-electron chi connectivity index (χ1n) is 13.0. The Labute approximate surface area is 217 Å². The zero-order valence-corrected chi connectivity index (χ0v) is 21.4. The minimum Gasteiger partial charge on any atom is -0.372 e. The van der Waals surface area contributed by atoms with Gasteiger partial charge in [0, 0.05) is 44.8 Å². The topological polar surface area (TPSA) is 21.7 Å². The molecule has 3 aromatic rings. The summed E-state index contributed by atoms with van der Waals surface area (Å²) < 4.78 is 51.2. The van der Waals surface area contributed by atoms with Crippen molar-refractivity contribution in [2.24, 2.45) is 5.92 Å². The van der Waals surface area contributed by atoms with Crippen LogP contribution >= 0.6 is 0 Å². The molecule has 0 N–H and O–H groups in total. The van der Waals surface area contributed by atoms with Gasteiger partial charge in [0.05, 0.1) is 5.56 Å². The summed E-state index contributed by atoms with van der Waals surface area (Å²) in [6, 6.07) is 23.3. The Kier molecular flexibility index (Phi) is 7.59. The summed E-state index contributed by atoms with van der Waals surface area (Å²) in [4.78, 5) is 2.39. The minimum absolute atomic E-state index is 0.0115. The van der Waals surface area contributed by atoms with Crippen LogP contribution in [-0.4, -0.2) is 33.6 Å². The smallest absolute Gasteiger partial charge is 0.372 e. The van der Waals surface area contributed by atoms with Gasteiger partial charge in [-0.25, -0.2) is 0 Å². The number of aryl methyl sites for hydroxylation is 1. The zero-order chi connectivity index (χ0) is 26.0. The molecule has 1 aliphatic carbocycles. The Bertz CT molecular complexity index is 1170. The van der Waals surface area contributed by atoms with E-state index < -0.39 is 11.7 Å². The number of rotatable bonds is 6. The van der Waals surface area contributed by atoms with Crippen LogP contribution in [0.1, 0.15) is 58.9 Å². The molecule has 3 aromatic carbocycles. The van der Waals surface area contributed by atoms with E-state index >= 15 is 0 Å². The fourth-order valence-corrected chi connectivity index (χ4v) is 6.27. The van der Waals surface area contributed by atoms with E-state index in [9.17, 15) is 13.2 Å². The van der Waals surface area contributed by atoms with Crippen LogP contribution < -0.4 is 4.90 Å². The molecular weight excluding hydrogens is 475 g/mol. The van der Waals surface area contributed by atoms with Gasteiger partial charge < -0.3 is 14.4 Å². The van der Waals surface area contributed by atoms with Crippen LogP contribution in [0.3, 0.4) is 0 Å². The molecular formula is C31H34F3NO2. The highest BCUT2D eigenvalue weighted by molar-refractivity contribution is 5.52. The predicted molar refractivity (Wildman–Crippen MR) is 140 cm³/mol. The molecule has 37 heavy (non-hydrogen) atoms. The van der Waals surface area contributed by atoms with E-state index in [2.05, 4.69) is 41.3 Å². The molecule has 3 nitrogen and oxygen atoms in total. The number of hydrogen-bond acceptors (Lipinski definition) is 3. The number of alkyl halides is 3. The van der Waals surface area contributed by atoms with Gasteiger partial charge in [-0.3, -0.25) is 0 Å². The second kappa shape index (κ2) is 10.9. The van der Waals surface area contributed by atoms with Crippen molar-refractivity contribution in [2.45, 2.75) is 50.0 Å². The van der Waals surface area contributed by atoms with Gasteiger partial charge >= 0.3 is 6.18 Å². The normalized spacial score (nSPS) is 20.8. The lowest BCUT2D eigenvalue weighted by molar-refractivity contribution is -0.141. The number of piperidine rings is 1. The molecule has 196 valence electrons. The lowest BCUT2D eigenvalue weighted by atomic mass is 9.69. The van der Waals surface area contributed by atoms with E-state index in [1.165, 1.54) is 23.4 Å². The maximum Gasteiger partial charge on any atom is 0.416 e. The molecule has 0 bridgehead atoms. The summed E-state index contributed by atoms with van der Waals surface area (Å²) in [6.45, 7) is 1.87. The summed E-state index contributed by atoms with van der Waals surface area (Å²) in [5, 5.41) is 0. The van der Waals surface area contributed by atoms with Gasteiger partial charge in [-0.1, -0.05) is 48.5 Å². The average molecular weight is 510 g/mol. The van der Waals surface area contributed by atoms with Gasteiger partial charge in [-0.2, -0.15) is 13.2 Å². The second-order valence-corrected chi connectivity index (χ2v) is 10.2. The molecule has 2 aliphatic rings. The van der Waals surface area contributed by atoms with E-state index in [4.69, 9.17) is 9.47 Å². The number of benzene rings is 3. The molecule has 1 saturated heterocycles. The van der Waals surface area contributed by atoms with E-state index in [1.807, 2.05) is 18.2 Å². The van der Waals surface area contributed by atoms with Crippen LogP contribution in [0.4, 0.5) is 18.9 Å². The molecule has 5 rings (SSSR count). The van der Waals surface area contributed by atoms with Gasteiger partial charge in [0.15, 0.2) is 6.29 Å². The molecule has 0 radical (unpaired) electrons. The third-order valence-corrected chi connectivity index (χ3v) is 8.17. The third kappa shape index (κ3) is 5.41. The maximum absolute atomic E-state index is 13.4. The van der Waals surface area contributed by atoms with Crippen molar-refractivity contribution in [1.82, 2.24) is 0 Å². The molecule has 1 heterocycles. The first-order chi connectivity index (χ1) is 17.9.